The Morgan fingerprint density at radius 3 is 2.71 bits per heavy atom. The third-order valence-corrected chi connectivity index (χ3v) is 2.23. The molecule has 0 aromatic carbocycles. The maximum absolute atomic E-state index is 11.7. The maximum atomic E-state index is 11.7. The average molecular weight is 263 g/mol. The molecule has 0 radical (unpaired) electrons. The third-order valence-electron chi connectivity index (χ3n) is 2.23. The Kier molecular flexibility index (Phi) is 6.87. The molecule has 6 heteroatoms. The number of aryl methyl sites for hydroxylation is 1. The van der Waals surface area contributed by atoms with Crippen molar-refractivity contribution in [1.29, 1.82) is 0 Å². The SMILES string of the molecule is COCC(N)C(=O)N(C)Cc1ccc(C)o1.Cl. The van der Waals surface area contributed by atoms with Gasteiger partial charge in [-0.3, -0.25) is 4.79 Å². The van der Waals surface area contributed by atoms with E-state index in [0.717, 1.165) is 11.5 Å². The van der Waals surface area contributed by atoms with Gasteiger partial charge in [-0.25, -0.2) is 0 Å². The average Bonchev–Trinajstić information content (AvgIpc) is 2.63. The highest BCUT2D eigenvalue weighted by atomic mass is 35.5. The normalized spacial score (nSPS) is 11.8. The van der Waals surface area contributed by atoms with Gasteiger partial charge in [-0.2, -0.15) is 0 Å². The quantitative estimate of drug-likeness (QED) is 0.858. The van der Waals surface area contributed by atoms with Gasteiger partial charge in [0.25, 0.3) is 0 Å². The summed E-state index contributed by atoms with van der Waals surface area (Å²) in [5, 5.41) is 0. The second-order valence-corrected chi connectivity index (χ2v) is 3.77. The number of rotatable bonds is 5. The van der Waals surface area contributed by atoms with Crippen LogP contribution in [0, 0.1) is 6.92 Å². The summed E-state index contributed by atoms with van der Waals surface area (Å²) in [5.41, 5.74) is 5.64. The zero-order chi connectivity index (χ0) is 12.1. The van der Waals surface area contributed by atoms with Crippen LogP contribution in [0.2, 0.25) is 0 Å². The van der Waals surface area contributed by atoms with Crippen LogP contribution in [0.1, 0.15) is 11.5 Å². The molecule has 1 heterocycles. The van der Waals surface area contributed by atoms with Gasteiger partial charge in [0, 0.05) is 14.2 Å². The molecule has 1 rings (SSSR count). The van der Waals surface area contributed by atoms with Crippen LogP contribution in [0.5, 0.6) is 0 Å². The first-order chi connectivity index (χ1) is 7.54. The number of hydrogen-bond acceptors (Lipinski definition) is 4. The largest absolute Gasteiger partial charge is 0.464 e. The second-order valence-electron chi connectivity index (χ2n) is 3.77. The van der Waals surface area contributed by atoms with Crippen LogP contribution in [0.25, 0.3) is 0 Å². The van der Waals surface area contributed by atoms with E-state index in [1.165, 1.54) is 12.0 Å². The minimum absolute atomic E-state index is 0. The Labute approximate surface area is 107 Å². The van der Waals surface area contributed by atoms with Crippen LogP contribution in [0.15, 0.2) is 16.5 Å². The van der Waals surface area contributed by atoms with E-state index in [-0.39, 0.29) is 24.9 Å². The molecule has 5 nitrogen and oxygen atoms in total. The van der Waals surface area contributed by atoms with Crippen LogP contribution < -0.4 is 5.73 Å². The molecule has 0 aliphatic heterocycles. The van der Waals surface area contributed by atoms with Crippen LogP contribution in [-0.4, -0.2) is 37.6 Å². The van der Waals surface area contributed by atoms with Crippen molar-refractivity contribution in [3.63, 3.8) is 0 Å². The number of amides is 1. The third kappa shape index (κ3) is 4.77. The fourth-order valence-corrected chi connectivity index (χ4v) is 1.42. The molecule has 1 aromatic heterocycles. The van der Waals surface area contributed by atoms with Crippen molar-refractivity contribution in [2.24, 2.45) is 5.73 Å². The summed E-state index contributed by atoms with van der Waals surface area (Å²) in [4.78, 5) is 13.3. The molecule has 0 aliphatic rings. The summed E-state index contributed by atoms with van der Waals surface area (Å²) in [6.45, 7) is 2.51. The van der Waals surface area contributed by atoms with E-state index >= 15 is 0 Å². The predicted octanol–water partition coefficient (Wildman–Crippen LogP) is 0.942. The van der Waals surface area contributed by atoms with Crippen LogP contribution in [-0.2, 0) is 16.1 Å². The highest BCUT2D eigenvalue weighted by Gasteiger charge is 2.18. The van der Waals surface area contributed by atoms with Gasteiger partial charge in [-0.1, -0.05) is 0 Å². The maximum Gasteiger partial charge on any atom is 0.242 e. The van der Waals surface area contributed by atoms with Gasteiger partial charge in [0.1, 0.15) is 17.6 Å². The molecular weight excluding hydrogens is 244 g/mol. The van der Waals surface area contributed by atoms with Crippen molar-refractivity contribution in [3.05, 3.63) is 23.7 Å². The number of ether oxygens (including phenoxy) is 1. The van der Waals surface area contributed by atoms with Crippen molar-refractivity contribution in [2.45, 2.75) is 19.5 Å². The van der Waals surface area contributed by atoms with Gasteiger partial charge < -0.3 is 19.8 Å². The van der Waals surface area contributed by atoms with E-state index in [9.17, 15) is 4.79 Å². The Bertz CT molecular complexity index is 354. The van der Waals surface area contributed by atoms with Crippen molar-refractivity contribution in [3.8, 4) is 0 Å². The number of nitrogens with two attached hydrogens (primary N) is 1. The van der Waals surface area contributed by atoms with Gasteiger partial charge in [0.15, 0.2) is 0 Å². The first-order valence-electron chi connectivity index (χ1n) is 5.09. The molecule has 1 amide bonds. The molecule has 0 spiro atoms. The minimum Gasteiger partial charge on any atom is -0.464 e. The summed E-state index contributed by atoms with van der Waals surface area (Å²) in [5.74, 6) is 1.42. The topological polar surface area (TPSA) is 68.7 Å². The number of carbonyl (C=O) groups is 1. The summed E-state index contributed by atoms with van der Waals surface area (Å²) in [7, 11) is 3.21. The molecule has 0 bridgehead atoms. The molecule has 98 valence electrons. The molecule has 0 saturated heterocycles. The van der Waals surface area contributed by atoms with E-state index in [1.807, 2.05) is 19.1 Å². The molecule has 17 heavy (non-hydrogen) atoms. The lowest BCUT2D eigenvalue weighted by atomic mass is 10.3. The second kappa shape index (κ2) is 7.32. The summed E-state index contributed by atoms with van der Waals surface area (Å²) >= 11 is 0. The van der Waals surface area contributed by atoms with Crippen LogP contribution >= 0.6 is 12.4 Å². The molecule has 1 unspecified atom stereocenters. The zero-order valence-corrected chi connectivity index (χ0v) is 11.1. The van der Waals surface area contributed by atoms with Crippen LogP contribution in [0.3, 0.4) is 0 Å². The van der Waals surface area contributed by atoms with Crippen molar-refractivity contribution < 1.29 is 13.9 Å². The molecule has 0 fully saturated rings. The van der Waals surface area contributed by atoms with Gasteiger partial charge in [-0.15, -0.1) is 12.4 Å². The molecule has 0 aliphatic carbocycles. The summed E-state index contributed by atoms with van der Waals surface area (Å²) < 4.78 is 10.2. The number of furan rings is 1. The fraction of sp³-hybridized carbons (Fsp3) is 0.545. The number of hydrogen-bond donors (Lipinski definition) is 1. The summed E-state index contributed by atoms with van der Waals surface area (Å²) in [6.07, 6.45) is 0. The van der Waals surface area contributed by atoms with E-state index in [4.69, 9.17) is 14.9 Å². The summed E-state index contributed by atoms with van der Waals surface area (Å²) in [6, 6.07) is 3.09. The van der Waals surface area contributed by atoms with Crippen LogP contribution in [0.4, 0.5) is 0 Å². The number of carbonyl (C=O) groups excluding carboxylic acids is 1. The number of halogens is 1. The minimum atomic E-state index is -0.619. The number of likely N-dealkylation sites (N-methyl/N-ethyl adjacent to an activating group) is 1. The highest BCUT2D eigenvalue weighted by molar-refractivity contribution is 5.85. The highest BCUT2D eigenvalue weighted by Crippen LogP contribution is 2.09. The van der Waals surface area contributed by atoms with Gasteiger partial charge in [-0.05, 0) is 19.1 Å². The Morgan fingerprint density at radius 1 is 1.59 bits per heavy atom. The van der Waals surface area contributed by atoms with Gasteiger partial charge in [0.05, 0.1) is 13.2 Å². The standard InChI is InChI=1S/C11H18N2O3.ClH/c1-8-4-5-9(16-8)6-13(2)11(14)10(12)7-15-3;/h4-5,10H,6-7,12H2,1-3H3;1H. The molecule has 1 aromatic rings. The van der Waals surface area contributed by atoms with Gasteiger partial charge >= 0.3 is 0 Å². The number of nitrogens with zero attached hydrogens (tertiary/aromatic N) is 1. The predicted molar refractivity (Wildman–Crippen MR) is 67.0 cm³/mol. The van der Waals surface area contributed by atoms with Crippen molar-refractivity contribution in [2.75, 3.05) is 20.8 Å². The zero-order valence-electron chi connectivity index (χ0n) is 10.3. The van der Waals surface area contributed by atoms with Crippen molar-refractivity contribution in [1.82, 2.24) is 4.90 Å². The molecule has 2 N–H and O–H groups in total. The Hall–Kier alpha value is -1.04. The molecular formula is C11H19ClN2O3. The van der Waals surface area contributed by atoms with E-state index in [1.54, 1.807) is 7.05 Å². The van der Waals surface area contributed by atoms with E-state index in [0.29, 0.717) is 6.54 Å². The Balaban J connectivity index is 0.00000256. The Morgan fingerprint density at radius 2 is 2.24 bits per heavy atom. The van der Waals surface area contributed by atoms with Gasteiger partial charge in [0.2, 0.25) is 5.91 Å². The molecule has 0 saturated carbocycles. The monoisotopic (exact) mass is 262 g/mol. The lowest BCUT2D eigenvalue weighted by Gasteiger charge is -2.19. The lowest BCUT2D eigenvalue weighted by molar-refractivity contribution is -0.133. The first kappa shape index (κ1) is 16.0. The van der Waals surface area contributed by atoms with Crippen molar-refractivity contribution >= 4 is 18.3 Å². The lowest BCUT2D eigenvalue weighted by Crippen LogP contribution is -2.44. The fourth-order valence-electron chi connectivity index (χ4n) is 1.42. The van der Waals surface area contributed by atoms with E-state index < -0.39 is 6.04 Å². The smallest absolute Gasteiger partial charge is 0.242 e. The molecule has 1 atom stereocenters. The number of methoxy groups -OCH3 is 1. The van der Waals surface area contributed by atoms with E-state index in [2.05, 4.69) is 0 Å². The first-order valence-corrected chi connectivity index (χ1v) is 5.09.